The Morgan fingerprint density at radius 1 is 1.19 bits per heavy atom. The lowest BCUT2D eigenvalue weighted by Gasteiger charge is -2.36. The second-order valence-corrected chi connectivity index (χ2v) is 6.30. The van der Waals surface area contributed by atoms with E-state index in [-0.39, 0.29) is 24.2 Å². The first-order valence-corrected chi connectivity index (χ1v) is 8.52. The van der Waals surface area contributed by atoms with Crippen LogP contribution in [-0.2, 0) is 11.8 Å². The maximum Gasteiger partial charge on any atom is 0.272 e. The van der Waals surface area contributed by atoms with Crippen molar-refractivity contribution < 1.29 is 14.0 Å². The predicted molar refractivity (Wildman–Crippen MR) is 95.5 cm³/mol. The molecule has 1 aromatic heterocycles. The summed E-state index contributed by atoms with van der Waals surface area (Å²) in [5.41, 5.74) is 1.71. The molecule has 1 aromatic carbocycles. The van der Waals surface area contributed by atoms with Crippen molar-refractivity contribution in [1.82, 2.24) is 20.0 Å². The van der Waals surface area contributed by atoms with Gasteiger partial charge in [0, 0.05) is 38.9 Å². The Morgan fingerprint density at radius 2 is 1.88 bits per heavy atom. The summed E-state index contributed by atoms with van der Waals surface area (Å²) in [6.45, 7) is 3.87. The molecule has 1 N–H and O–H groups in total. The fraction of sp³-hybridized carbons (Fsp3) is 0.389. The van der Waals surface area contributed by atoms with Crippen LogP contribution in [0.3, 0.4) is 0 Å². The lowest BCUT2D eigenvalue weighted by atomic mass is 10.2. The summed E-state index contributed by atoms with van der Waals surface area (Å²) in [6, 6.07) is 8.30. The number of halogens is 1. The number of rotatable bonds is 4. The molecule has 1 saturated heterocycles. The molecular formula is C18H22FN5O2. The van der Waals surface area contributed by atoms with Crippen molar-refractivity contribution in [1.29, 1.82) is 0 Å². The maximum absolute atomic E-state index is 13.9. The average Bonchev–Trinajstić information content (AvgIpc) is 2.99. The molecule has 3 rings (SSSR count). The van der Waals surface area contributed by atoms with Gasteiger partial charge in [-0.05, 0) is 25.1 Å². The van der Waals surface area contributed by atoms with Crippen LogP contribution >= 0.6 is 0 Å². The molecule has 1 aliphatic rings. The third-order valence-electron chi connectivity index (χ3n) is 4.57. The SMILES string of the molecule is Cc1cc(C(=O)NCC(=O)N2CCN(c3ccccc3F)CC2)nn1C. The van der Waals surface area contributed by atoms with Gasteiger partial charge in [-0.25, -0.2) is 4.39 Å². The molecule has 2 amide bonds. The monoisotopic (exact) mass is 359 g/mol. The summed E-state index contributed by atoms with van der Waals surface area (Å²) >= 11 is 0. The molecule has 0 spiro atoms. The molecular weight excluding hydrogens is 337 g/mol. The van der Waals surface area contributed by atoms with Gasteiger partial charge in [0.05, 0.1) is 12.2 Å². The van der Waals surface area contributed by atoms with Crippen LogP contribution in [-0.4, -0.2) is 59.2 Å². The fourth-order valence-electron chi connectivity index (χ4n) is 2.93. The summed E-state index contributed by atoms with van der Waals surface area (Å²) in [7, 11) is 1.76. The molecule has 0 bridgehead atoms. The molecule has 7 nitrogen and oxygen atoms in total. The van der Waals surface area contributed by atoms with Crippen molar-refractivity contribution in [2.45, 2.75) is 6.92 Å². The molecule has 2 aromatic rings. The summed E-state index contributed by atoms with van der Waals surface area (Å²) < 4.78 is 15.5. The summed E-state index contributed by atoms with van der Waals surface area (Å²) in [6.07, 6.45) is 0. The first-order valence-electron chi connectivity index (χ1n) is 8.52. The van der Waals surface area contributed by atoms with Gasteiger partial charge in [0.1, 0.15) is 11.5 Å². The predicted octanol–water partition coefficient (Wildman–Crippen LogP) is 0.946. The van der Waals surface area contributed by atoms with Gasteiger partial charge in [-0.1, -0.05) is 12.1 Å². The smallest absolute Gasteiger partial charge is 0.272 e. The molecule has 0 unspecified atom stereocenters. The highest BCUT2D eigenvalue weighted by atomic mass is 19.1. The van der Waals surface area contributed by atoms with E-state index in [4.69, 9.17) is 0 Å². The number of anilines is 1. The Labute approximate surface area is 151 Å². The van der Waals surface area contributed by atoms with Gasteiger partial charge < -0.3 is 15.1 Å². The van der Waals surface area contributed by atoms with Crippen molar-refractivity contribution in [3.63, 3.8) is 0 Å². The number of para-hydroxylation sites is 1. The molecule has 1 fully saturated rings. The topological polar surface area (TPSA) is 70.5 Å². The standard InChI is InChI=1S/C18H22FN5O2/c1-13-11-15(21-22(13)2)18(26)20-12-17(25)24-9-7-23(8-10-24)16-6-4-3-5-14(16)19/h3-6,11H,7-10,12H2,1-2H3,(H,20,26). The third-order valence-corrected chi connectivity index (χ3v) is 4.57. The second-order valence-electron chi connectivity index (χ2n) is 6.30. The number of aryl methyl sites for hydroxylation is 2. The minimum Gasteiger partial charge on any atom is -0.366 e. The first-order chi connectivity index (χ1) is 12.5. The highest BCUT2D eigenvalue weighted by Gasteiger charge is 2.23. The summed E-state index contributed by atoms with van der Waals surface area (Å²) in [4.78, 5) is 28.0. The molecule has 0 radical (unpaired) electrons. The molecule has 1 aliphatic heterocycles. The van der Waals surface area contributed by atoms with Crippen LogP contribution in [0.2, 0.25) is 0 Å². The van der Waals surface area contributed by atoms with Crippen molar-refractivity contribution in [3.05, 3.63) is 47.5 Å². The van der Waals surface area contributed by atoms with Crippen LogP contribution in [0.4, 0.5) is 10.1 Å². The van der Waals surface area contributed by atoms with Gasteiger partial charge in [0.2, 0.25) is 5.91 Å². The first kappa shape index (κ1) is 17.9. The number of nitrogens with one attached hydrogen (secondary N) is 1. The van der Waals surface area contributed by atoms with Gasteiger partial charge in [0.25, 0.3) is 5.91 Å². The number of aromatic nitrogens is 2. The van der Waals surface area contributed by atoms with Gasteiger partial charge in [-0.2, -0.15) is 5.10 Å². The maximum atomic E-state index is 13.9. The van der Waals surface area contributed by atoms with Crippen LogP contribution in [0, 0.1) is 12.7 Å². The minimum atomic E-state index is -0.368. The normalized spacial score (nSPS) is 14.4. The van der Waals surface area contributed by atoms with E-state index in [1.807, 2.05) is 11.8 Å². The van der Waals surface area contributed by atoms with Crippen LogP contribution in [0.1, 0.15) is 16.2 Å². The fourth-order valence-corrected chi connectivity index (χ4v) is 2.93. The Kier molecular flexibility index (Phi) is 5.20. The van der Waals surface area contributed by atoms with E-state index in [0.29, 0.717) is 37.6 Å². The van der Waals surface area contributed by atoms with Crippen molar-refractivity contribution in [2.75, 3.05) is 37.6 Å². The van der Waals surface area contributed by atoms with Gasteiger partial charge in [-0.15, -0.1) is 0 Å². The highest BCUT2D eigenvalue weighted by molar-refractivity contribution is 5.95. The number of carbonyl (C=O) groups excluding carboxylic acids is 2. The Balaban J connectivity index is 1.49. The van der Waals surface area contributed by atoms with Crippen molar-refractivity contribution >= 4 is 17.5 Å². The summed E-state index contributed by atoms with van der Waals surface area (Å²) in [5, 5.41) is 6.70. The Bertz CT molecular complexity index is 792. The van der Waals surface area contributed by atoms with Crippen LogP contribution in [0.15, 0.2) is 30.3 Å². The van der Waals surface area contributed by atoms with E-state index in [1.165, 1.54) is 6.07 Å². The van der Waals surface area contributed by atoms with E-state index in [0.717, 1.165) is 5.69 Å². The molecule has 2 heterocycles. The number of piperazine rings is 1. The Morgan fingerprint density at radius 3 is 2.50 bits per heavy atom. The Hall–Kier alpha value is -2.90. The zero-order chi connectivity index (χ0) is 18.7. The van der Waals surface area contributed by atoms with Crippen molar-refractivity contribution in [3.8, 4) is 0 Å². The van der Waals surface area contributed by atoms with E-state index >= 15 is 0 Å². The summed E-state index contributed by atoms with van der Waals surface area (Å²) in [5.74, 6) is -0.781. The van der Waals surface area contributed by atoms with E-state index < -0.39 is 0 Å². The number of hydrogen-bond donors (Lipinski definition) is 1. The molecule has 8 heteroatoms. The zero-order valence-corrected chi connectivity index (χ0v) is 14.9. The molecule has 0 aliphatic carbocycles. The number of benzene rings is 1. The van der Waals surface area contributed by atoms with Crippen LogP contribution < -0.4 is 10.2 Å². The van der Waals surface area contributed by atoms with Crippen LogP contribution in [0.5, 0.6) is 0 Å². The largest absolute Gasteiger partial charge is 0.366 e. The van der Waals surface area contributed by atoms with Crippen LogP contribution in [0.25, 0.3) is 0 Å². The zero-order valence-electron chi connectivity index (χ0n) is 14.9. The average molecular weight is 359 g/mol. The van der Waals surface area contributed by atoms with Gasteiger partial charge >= 0.3 is 0 Å². The molecule has 26 heavy (non-hydrogen) atoms. The number of amides is 2. The number of hydrogen-bond acceptors (Lipinski definition) is 4. The molecule has 0 atom stereocenters. The lowest BCUT2D eigenvalue weighted by Crippen LogP contribution is -2.51. The van der Waals surface area contributed by atoms with Crippen molar-refractivity contribution in [2.24, 2.45) is 7.05 Å². The molecule has 0 saturated carbocycles. The number of carbonyl (C=O) groups is 2. The van der Waals surface area contributed by atoms with E-state index in [9.17, 15) is 14.0 Å². The quantitative estimate of drug-likeness (QED) is 0.882. The second kappa shape index (κ2) is 7.55. The van der Waals surface area contributed by atoms with E-state index in [2.05, 4.69) is 10.4 Å². The highest BCUT2D eigenvalue weighted by Crippen LogP contribution is 2.20. The van der Waals surface area contributed by atoms with E-state index in [1.54, 1.807) is 40.9 Å². The van der Waals surface area contributed by atoms with Gasteiger partial charge in [-0.3, -0.25) is 14.3 Å². The lowest BCUT2D eigenvalue weighted by molar-refractivity contribution is -0.130. The number of nitrogens with zero attached hydrogens (tertiary/aromatic N) is 4. The van der Waals surface area contributed by atoms with Gasteiger partial charge in [0.15, 0.2) is 0 Å². The molecule has 138 valence electrons. The third kappa shape index (κ3) is 3.84. The minimum absolute atomic E-state index is 0.0752.